The van der Waals surface area contributed by atoms with Crippen LogP contribution in [0.3, 0.4) is 0 Å². The van der Waals surface area contributed by atoms with Gasteiger partial charge in [-0.25, -0.2) is 27.8 Å². The van der Waals surface area contributed by atoms with Gasteiger partial charge >= 0.3 is 6.18 Å². The van der Waals surface area contributed by atoms with Crippen molar-refractivity contribution in [3.8, 4) is 22.6 Å². The molecule has 0 unspecified atom stereocenters. The lowest BCUT2D eigenvalue weighted by atomic mass is 10.1. The van der Waals surface area contributed by atoms with Crippen molar-refractivity contribution >= 4 is 21.6 Å². The van der Waals surface area contributed by atoms with E-state index in [4.69, 9.17) is 0 Å². The Bertz CT molecular complexity index is 1770. The average molecular weight is 518 g/mol. The largest absolute Gasteiger partial charge is 0.414 e. The molecule has 4 aromatic rings. The number of fused-ring (bicyclic) bond motifs is 2. The molecule has 0 radical (unpaired) electrons. The lowest BCUT2D eigenvalue weighted by Gasteiger charge is -2.15. The number of hydrogen-bond donors (Lipinski definition) is 0. The van der Waals surface area contributed by atoms with Crippen molar-refractivity contribution in [3.63, 3.8) is 0 Å². The number of allylic oxidation sites excluding steroid dienone is 1. The smallest absolute Gasteiger partial charge is 0.311 e. The monoisotopic (exact) mass is 517 g/mol. The Morgan fingerprint density at radius 1 is 1.14 bits per heavy atom. The third kappa shape index (κ3) is 3.91. The lowest BCUT2D eigenvalue weighted by Crippen LogP contribution is -2.28. The van der Waals surface area contributed by atoms with Gasteiger partial charge in [0, 0.05) is 31.2 Å². The third-order valence-electron chi connectivity index (χ3n) is 6.03. The summed E-state index contributed by atoms with van der Waals surface area (Å²) in [5.41, 5.74) is 1.01. The van der Waals surface area contributed by atoms with E-state index < -0.39 is 33.8 Å². The molecule has 5 rings (SSSR count). The fourth-order valence-electron chi connectivity index (χ4n) is 4.12. The van der Waals surface area contributed by atoms with Gasteiger partial charge in [0.25, 0.3) is 0 Å². The molecule has 3 aromatic heterocycles. The summed E-state index contributed by atoms with van der Waals surface area (Å²) in [5.74, 6) is -0.445. The Balaban J connectivity index is 1.84. The van der Waals surface area contributed by atoms with Gasteiger partial charge in [-0.3, -0.25) is 4.40 Å². The van der Waals surface area contributed by atoms with Gasteiger partial charge in [-0.05, 0) is 30.2 Å². The van der Waals surface area contributed by atoms with Crippen molar-refractivity contribution in [2.24, 2.45) is 12.0 Å². The van der Waals surface area contributed by atoms with Crippen molar-refractivity contribution in [3.05, 3.63) is 71.2 Å². The number of benzene rings is 1. The zero-order chi connectivity index (χ0) is 25.8. The molecule has 0 aliphatic carbocycles. The van der Waals surface area contributed by atoms with Crippen molar-refractivity contribution in [1.29, 1.82) is 0 Å². The summed E-state index contributed by atoms with van der Waals surface area (Å²) in [6, 6.07) is 7.08. The number of aromatic nitrogens is 4. The Morgan fingerprint density at radius 2 is 1.86 bits per heavy atom. The third-order valence-corrected chi connectivity index (χ3v) is 7.77. The van der Waals surface area contributed by atoms with Gasteiger partial charge in [-0.15, -0.1) is 0 Å². The van der Waals surface area contributed by atoms with Crippen LogP contribution in [0.4, 0.5) is 17.6 Å². The first-order valence-electron chi connectivity index (χ1n) is 10.9. The summed E-state index contributed by atoms with van der Waals surface area (Å²) in [4.78, 5) is 12.9. The fraction of sp³-hybridized carbons (Fsp3) is 0.208. The second kappa shape index (κ2) is 8.40. The Kier molecular flexibility index (Phi) is 5.58. The van der Waals surface area contributed by atoms with Crippen LogP contribution in [0.15, 0.2) is 64.4 Å². The topological polar surface area (TPSA) is 81.6 Å². The quantitative estimate of drug-likeness (QED) is 0.388. The van der Waals surface area contributed by atoms with Crippen LogP contribution in [0.2, 0.25) is 0 Å². The van der Waals surface area contributed by atoms with Crippen LogP contribution in [-0.4, -0.2) is 39.3 Å². The number of hydrogen-bond acceptors (Lipinski definition) is 5. The zero-order valence-electron chi connectivity index (χ0n) is 19.1. The summed E-state index contributed by atoms with van der Waals surface area (Å²) in [7, 11) is -2.26. The predicted octanol–water partition coefficient (Wildman–Crippen LogP) is 3.58. The van der Waals surface area contributed by atoms with E-state index in [1.165, 1.54) is 54.1 Å². The van der Waals surface area contributed by atoms with Gasteiger partial charge in [0.1, 0.15) is 22.5 Å². The maximum atomic E-state index is 13.5. The highest BCUT2D eigenvalue weighted by Crippen LogP contribution is 2.34. The van der Waals surface area contributed by atoms with E-state index in [-0.39, 0.29) is 33.0 Å². The maximum Gasteiger partial charge on any atom is 0.414 e. The zero-order valence-corrected chi connectivity index (χ0v) is 19.9. The van der Waals surface area contributed by atoms with Crippen LogP contribution >= 0.6 is 0 Å². The number of alkyl halides is 3. The van der Waals surface area contributed by atoms with Gasteiger partial charge in [-0.1, -0.05) is 25.1 Å². The van der Waals surface area contributed by atoms with Gasteiger partial charge in [0.15, 0.2) is 21.1 Å². The van der Waals surface area contributed by atoms with E-state index in [0.717, 1.165) is 6.20 Å². The predicted molar refractivity (Wildman–Crippen MR) is 125 cm³/mol. The number of imidazole rings is 2. The first kappa shape index (κ1) is 23.9. The number of halogens is 4. The second-order valence-corrected chi connectivity index (χ2v) is 10.4. The second-order valence-electron chi connectivity index (χ2n) is 8.19. The highest BCUT2D eigenvalue weighted by Gasteiger charge is 2.33. The molecular weight excluding hydrogens is 498 g/mol. The van der Waals surface area contributed by atoms with Crippen molar-refractivity contribution in [2.75, 3.05) is 5.75 Å². The molecule has 1 aliphatic rings. The van der Waals surface area contributed by atoms with E-state index >= 15 is 0 Å². The van der Waals surface area contributed by atoms with Crippen molar-refractivity contribution in [1.82, 2.24) is 18.9 Å². The number of nitrogens with zero attached hydrogens (tertiary/aromatic N) is 5. The number of pyridine rings is 1. The summed E-state index contributed by atoms with van der Waals surface area (Å²) in [6.45, 7) is 1.51. The molecule has 0 bridgehead atoms. The van der Waals surface area contributed by atoms with Crippen LogP contribution in [0, 0.1) is 5.82 Å². The van der Waals surface area contributed by atoms with E-state index in [2.05, 4.69) is 15.0 Å². The minimum atomic E-state index is -4.52. The molecule has 4 heterocycles. The van der Waals surface area contributed by atoms with Crippen LogP contribution in [0.1, 0.15) is 13.3 Å². The van der Waals surface area contributed by atoms with Crippen molar-refractivity contribution < 1.29 is 26.0 Å². The maximum absolute atomic E-state index is 13.5. The molecule has 0 fully saturated rings. The first-order chi connectivity index (χ1) is 17.0. The standard InChI is InChI=1S/C24H19F4N5O2S/c1-3-36(34,35)19-12-17(14-4-7-16(25)8-5-14)21-29-10-11-33(21)20(19)23-31-18-9-6-15(24(26,27)28)13-30-22(18)32(23)2/h4-5,7-13H,3,6H2,1-2H3. The van der Waals surface area contributed by atoms with Gasteiger partial charge in [0.05, 0.1) is 16.2 Å². The van der Waals surface area contributed by atoms with E-state index in [0.29, 0.717) is 16.8 Å². The van der Waals surface area contributed by atoms with Crippen molar-refractivity contribution in [2.45, 2.75) is 24.4 Å². The molecule has 0 spiro atoms. The Labute approximate surface area is 202 Å². The molecule has 0 atom stereocenters. The SMILES string of the molecule is CCS(=O)(=O)c1cc(-c2ccc(F)cc2)c2nccn2c1-c1nc2c(n1C)=NC=C(C(F)(F)F)CC=2. The van der Waals surface area contributed by atoms with Crippen LogP contribution < -0.4 is 10.8 Å². The van der Waals surface area contributed by atoms with Gasteiger partial charge in [0.2, 0.25) is 0 Å². The molecule has 0 N–H and O–H groups in total. The summed E-state index contributed by atoms with van der Waals surface area (Å²) in [5, 5.41) is 0.207. The molecular formula is C24H19F4N5O2S. The highest BCUT2D eigenvalue weighted by molar-refractivity contribution is 7.91. The molecule has 1 aromatic carbocycles. The lowest BCUT2D eigenvalue weighted by molar-refractivity contribution is -0.0927. The van der Waals surface area contributed by atoms with E-state index in [1.54, 1.807) is 17.6 Å². The summed E-state index contributed by atoms with van der Waals surface area (Å²) >= 11 is 0. The average Bonchev–Trinajstić information content (AvgIpc) is 3.36. The first-order valence-corrected chi connectivity index (χ1v) is 12.5. The molecule has 1 aliphatic heterocycles. The number of rotatable bonds is 4. The molecule has 0 amide bonds. The molecule has 12 heteroatoms. The van der Waals surface area contributed by atoms with Crippen LogP contribution in [0.5, 0.6) is 0 Å². The van der Waals surface area contributed by atoms with Gasteiger partial charge < -0.3 is 4.57 Å². The van der Waals surface area contributed by atoms with Crippen LogP contribution in [-0.2, 0) is 16.9 Å². The Morgan fingerprint density at radius 3 is 2.53 bits per heavy atom. The minimum absolute atomic E-state index is 0.0374. The van der Waals surface area contributed by atoms with Crippen LogP contribution in [0.25, 0.3) is 34.4 Å². The van der Waals surface area contributed by atoms with E-state index in [9.17, 15) is 26.0 Å². The molecule has 7 nitrogen and oxygen atoms in total. The molecule has 186 valence electrons. The molecule has 0 saturated heterocycles. The fourth-order valence-corrected chi connectivity index (χ4v) is 5.21. The molecule has 36 heavy (non-hydrogen) atoms. The normalized spacial score (nSPS) is 14.1. The van der Waals surface area contributed by atoms with Gasteiger partial charge in [-0.2, -0.15) is 13.2 Å². The summed E-state index contributed by atoms with van der Waals surface area (Å²) < 4.78 is 82.6. The Hall–Kier alpha value is -3.80. The number of sulfone groups is 1. The summed E-state index contributed by atoms with van der Waals surface area (Å²) in [6.07, 6.45) is 0.223. The molecule has 0 saturated carbocycles. The van der Waals surface area contributed by atoms with E-state index in [1.807, 2.05) is 0 Å². The minimum Gasteiger partial charge on any atom is -0.311 e. The highest BCUT2D eigenvalue weighted by atomic mass is 32.2.